The summed E-state index contributed by atoms with van der Waals surface area (Å²) in [5, 5.41) is 2.99. The van der Waals surface area contributed by atoms with Gasteiger partial charge in [-0.15, -0.1) is 11.8 Å². The van der Waals surface area contributed by atoms with Gasteiger partial charge in [0.1, 0.15) is 17.6 Å². The Morgan fingerprint density at radius 1 is 1.19 bits per heavy atom. The summed E-state index contributed by atoms with van der Waals surface area (Å²) in [6.45, 7) is 11.4. The molecule has 0 bridgehead atoms. The van der Waals surface area contributed by atoms with Gasteiger partial charge in [0.2, 0.25) is 5.91 Å². The number of hydrogen-bond acceptors (Lipinski definition) is 4. The normalized spacial score (nSPS) is 15.0. The van der Waals surface area contributed by atoms with Gasteiger partial charge in [-0.25, -0.2) is 9.37 Å². The molecule has 5 nitrogen and oxygen atoms in total. The molecule has 0 saturated carbocycles. The van der Waals surface area contributed by atoms with E-state index in [2.05, 4.69) is 42.8 Å². The molecule has 1 aliphatic carbocycles. The number of amides is 1. The van der Waals surface area contributed by atoms with E-state index in [1.54, 1.807) is 6.08 Å². The van der Waals surface area contributed by atoms with E-state index in [0.717, 1.165) is 46.3 Å². The molecule has 4 rings (SSSR count). The number of nitrogens with zero attached hydrogens (tertiary/aromatic N) is 2. The van der Waals surface area contributed by atoms with Crippen molar-refractivity contribution in [3.05, 3.63) is 82.4 Å². The van der Waals surface area contributed by atoms with Crippen molar-refractivity contribution in [2.75, 3.05) is 11.1 Å². The van der Waals surface area contributed by atoms with Gasteiger partial charge in [0.15, 0.2) is 0 Å². The maximum atomic E-state index is 13.9. The average molecular weight is 522 g/mol. The smallest absolute Gasteiger partial charge is 0.228 e. The highest BCUT2D eigenvalue weighted by Crippen LogP contribution is 2.31. The Morgan fingerprint density at radius 3 is 2.59 bits per heavy atom. The molecule has 1 aromatic heterocycles. The van der Waals surface area contributed by atoms with E-state index >= 15 is 0 Å². The van der Waals surface area contributed by atoms with E-state index in [-0.39, 0.29) is 5.91 Å². The molecule has 0 aliphatic heterocycles. The molecule has 1 unspecified atom stereocenters. The zero-order valence-electron chi connectivity index (χ0n) is 22.3. The average Bonchev–Trinajstić information content (AvgIpc) is 3.24. The summed E-state index contributed by atoms with van der Waals surface area (Å²) in [6, 6.07) is 13.9. The van der Waals surface area contributed by atoms with Crippen LogP contribution in [0.4, 0.5) is 10.1 Å². The largest absolute Gasteiger partial charge is 0.363 e. The Morgan fingerprint density at radius 2 is 1.92 bits per heavy atom. The predicted octanol–water partition coefficient (Wildman–Crippen LogP) is 6.86. The fraction of sp³-hybridized carbons (Fsp3) is 0.400. The summed E-state index contributed by atoms with van der Waals surface area (Å²) in [5.74, 6) is 1.79. The number of nitrogens with one attached hydrogen (secondary N) is 1. The summed E-state index contributed by atoms with van der Waals surface area (Å²) >= 11 is 1.81. The van der Waals surface area contributed by atoms with Crippen molar-refractivity contribution in [1.29, 1.82) is 0 Å². The minimum Gasteiger partial charge on any atom is -0.363 e. The minimum atomic E-state index is -0.988. The Bertz CT molecular complexity index is 1280. The number of anilines is 1. The van der Waals surface area contributed by atoms with Crippen LogP contribution in [0.3, 0.4) is 0 Å². The van der Waals surface area contributed by atoms with Crippen molar-refractivity contribution >= 4 is 29.4 Å². The minimum absolute atomic E-state index is 0.0413. The lowest BCUT2D eigenvalue weighted by Gasteiger charge is -2.26. The van der Waals surface area contributed by atoms with E-state index in [4.69, 9.17) is 9.72 Å². The molecule has 3 aromatic rings. The van der Waals surface area contributed by atoms with Gasteiger partial charge in [0, 0.05) is 23.5 Å². The van der Waals surface area contributed by atoms with Gasteiger partial charge in [0.25, 0.3) is 0 Å². The third-order valence-electron chi connectivity index (χ3n) is 6.53. The molecule has 7 heteroatoms. The number of thioether (sulfide) groups is 1. The van der Waals surface area contributed by atoms with Gasteiger partial charge in [0.05, 0.1) is 24.4 Å². The van der Waals surface area contributed by atoms with Crippen LogP contribution < -0.4 is 5.32 Å². The zero-order valence-corrected chi connectivity index (χ0v) is 23.1. The maximum absolute atomic E-state index is 13.9. The number of carbonyl (C=O) groups excluding carboxylic acids is 1. The van der Waals surface area contributed by atoms with Gasteiger partial charge in [-0.2, -0.15) is 0 Å². The zero-order chi connectivity index (χ0) is 26.6. The summed E-state index contributed by atoms with van der Waals surface area (Å²) in [4.78, 5) is 18.6. The second-order valence-electron chi connectivity index (χ2n) is 9.84. The maximum Gasteiger partial charge on any atom is 0.228 e. The van der Waals surface area contributed by atoms with Gasteiger partial charge in [-0.05, 0) is 80.5 Å². The Labute approximate surface area is 223 Å². The van der Waals surface area contributed by atoms with Gasteiger partial charge < -0.3 is 14.6 Å². The molecule has 1 amide bonds. The molecular weight excluding hydrogens is 485 g/mol. The number of rotatable bonds is 10. The van der Waals surface area contributed by atoms with E-state index in [0.29, 0.717) is 19.4 Å². The number of allylic oxidation sites excluding steroid dienone is 1. The van der Waals surface area contributed by atoms with E-state index < -0.39 is 11.8 Å². The predicted molar refractivity (Wildman–Crippen MR) is 150 cm³/mol. The van der Waals surface area contributed by atoms with Crippen molar-refractivity contribution < 1.29 is 13.9 Å². The Hall–Kier alpha value is -2.90. The fourth-order valence-electron chi connectivity index (χ4n) is 4.62. The van der Waals surface area contributed by atoms with E-state index in [1.807, 2.05) is 62.0 Å². The van der Waals surface area contributed by atoms with Crippen LogP contribution in [0.5, 0.6) is 0 Å². The molecule has 1 aliphatic rings. The van der Waals surface area contributed by atoms with Gasteiger partial charge in [-0.1, -0.05) is 31.2 Å². The number of aromatic nitrogens is 2. The Kier molecular flexibility index (Phi) is 8.55. The lowest BCUT2D eigenvalue weighted by molar-refractivity contribution is -0.115. The topological polar surface area (TPSA) is 56.1 Å². The van der Waals surface area contributed by atoms with Crippen molar-refractivity contribution in [3.63, 3.8) is 0 Å². The summed E-state index contributed by atoms with van der Waals surface area (Å²) in [6.07, 6.45) is 3.07. The van der Waals surface area contributed by atoms with Gasteiger partial charge in [-0.3, -0.25) is 4.79 Å². The number of alkyl halides is 1. The van der Waals surface area contributed by atoms with E-state index in [9.17, 15) is 9.18 Å². The standard InChI is InChI=1S/C30H36FN3O2S/c1-6-34-26-14-11-23(31)18-25(26)33-29(34)30(4,5)36-19-21-8-12-24(13-9-21)32-28(35)17-22-10-15-27(37-7-2)20(3)16-22/h8-16,23H,6-7,17-19H2,1-5H3,(H,32,35). The number of fused-ring (bicyclic) bond motifs is 1. The molecule has 196 valence electrons. The number of aryl methyl sites for hydroxylation is 1. The highest BCUT2D eigenvalue weighted by molar-refractivity contribution is 7.99. The molecule has 1 N–H and O–H groups in total. The quantitative estimate of drug-likeness (QED) is 0.296. The third kappa shape index (κ3) is 6.51. The molecule has 2 aromatic carbocycles. The van der Waals surface area contributed by atoms with Crippen LogP contribution in [0.15, 0.2) is 53.4 Å². The lowest BCUT2D eigenvalue weighted by Crippen LogP contribution is -2.26. The van der Waals surface area contributed by atoms with Crippen molar-refractivity contribution in [3.8, 4) is 0 Å². The van der Waals surface area contributed by atoms with Crippen molar-refractivity contribution in [2.45, 2.75) is 77.3 Å². The van der Waals surface area contributed by atoms with Crippen LogP contribution in [0, 0.1) is 6.92 Å². The van der Waals surface area contributed by atoms with Crippen LogP contribution in [0.1, 0.15) is 61.6 Å². The fourth-order valence-corrected chi connectivity index (χ4v) is 5.38. The molecule has 0 saturated heterocycles. The number of imidazole rings is 1. The molecule has 37 heavy (non-hydrogen) atoms. The number of ether oxygens (including phenoxy) is 1. The second-order valence-corrected chi connectivity index (χ2v) is 11.2. The first-order chi connectivity index (χ1) is 17.7. The Balaban J connectivity index is 1.35. The van der Waals surface area contributed by atoms with Crippen molar-refractivity contribution in [1.82, 2.24) is 9.55 Å². The van der Waals surface area contributed by atoms with Crippen LogP contribution in [-0.4, -0.2) is 27.4 Å². The molecule has 0 radical (unpaired) electrons. The molecule has 1 atom stereocenters. The van der Waals surface area contributed by atoms with Crippen LogP contribution >= 0.6 is 11.8 Å². The van der Waals surface area contributed by atoms with E-state index in [1.165, 1.54) is 10.5 Å². The molecule has 0 fully saturated rings. The number of halogens is 1. The first kappa shape index (κ1) is 27.1. The summed E-state index contributed by atoms with van der Waals surface area (Å²) < 4.78 is 22.3. The summed E-state index contributed by atoms with van der Waals surface area (Å²) in [5.41, 5.74) is 5.06. The van der Waals surface area contributed by atoms with Crippen LogP contribution in [0.2, 0.25) is 0 Å². The monoisotopic (exact) mass is 521 g/mol. The first-order valence-corrected chi connectivity index (χ1v) is 13.9. The number of carbonyl (C=O) groups is 1. The van der Waals surface area contributed by atoms with Crippen LogP contribution in [0.25, 0.3) is 6.08 Å². The van der Waals surface area contributed by atoms with Crippen LogP contribution in [-0.2, 0) is 41.1 Å². The van der Waals surface area contributed by atoms with Crippen molar-refractivity contribution in [2.24, 2.45) is 0 Å². The molecular formula is C30H36FN3O2S. The first-order valence-electron chi connectivity index (χ1n) is 12.9. The highest BCUT2D eigenvalue weighted by atomic mass is 32.2. The second kappa shape index (κ2) is 11.7. The molecule has 0 spiro atoms. The lowest BCUT2D eigenvalue weighted by atomic mass is 10.1. The highest BCUT2D eigenvalue weighted by Gasteiger charge is 2.31. The number of benzene rings is 2. The molecule has 1 heterocycles. The summed E-state index contributed by atoms with van der Waals surface area (Å²) in [7, 11) is 0. The van der Waals surface area contributed by atoms with Gasteiger partial charge >= 0.3 is 0 Å². The third-order valence-corrected chi connectivity index (χ3v) is 7.59. The number of hydrogen-bond donors (Lipinski definition) is 1. The SMILES string of the molecule is CCSc1ccc(CC(=O)Nc2ccc(COC(C)(C)c3nc4c(n3CC)C=CC(F)C4)cc2)cc1C.